The summed E-state index contributed by atoms with van der Waals surface area (Å²) < 4.78 is 10.2. The van der Waals surface area contributed by atoms with E-state index < -0.39 is 11.8 Å². The Balaban J connectivity index is 2.07. The fourth-order valence-corrected chi connectivity index (χ4v) is 1.84. The third kappa shape index (κ3) is 4.37. The predicted octanol–water partition coefficient (Wildman–Crippen LogP) is 1.99. The van der Waals surface area contributed by atoms with Crippen molar-refractivity contribution >= 4 is 23.2 Å². The molecule has 2 rings (SSSR count). The van der Waals surface area contributed by atoms with Gasteiger partial charge >= 0.3 is 11.8 Å². The maximum absolute atomic E-state index is 11.9. The van der Waals surface area contributed by atoms with Gasteiger partial charge in [0.1, 0.15) is 17.2 Å². The second-order valence-corrected chi connectivity index (χ2v) is 4.56. The zero-order valence-electron chi connectivity index (χ0n) is 12.6. The van der Waals surface area contributed by atoms with Crippen LogP contribution >= 0.6 is 0 Å². The molecule has 0 fully saturated rings. The molecule has 0 bridgehead atoms. The summed E-state index contributed by atoms with van der Waals surface area (Å²) in [5.74, 6) is -0.775. The first-order valence-corrected chi connectivity index (χ1v) is 6.66. The molecule has 0 heterocycles. The fraction of sp³-hybridized carbons (Fsp3) is 0.125. The summed E-state index contributed by atoms with van der Waals surface area (Å²) in [4.78, 5) is 23.8. The lowest BCUT2D eigenvalue weighted by Gasteiger charge is -2.10. The van der Waals surface area contributed by atoms with E-state index in [0.29, 0.717) is 22.9 Å². The van der Waals surface area contributed by atoms with Gasteiger partial charge in [-0.05, 0) is 12.1 Å². The molecule has 0 aromatic heterocycles. The molecular weight excluding hydrogens is 300 g/mol. The summed E-state index contributed by atoms with van der Waals surface area (Å²) in [6, 6.07) is 10.7. The fourth-order valence-electron chi connectivity index (χ4n) is 1.84. The molecule has 0 aliphatic heterocycles. The molecule has 0 aliphatic rings. The third-order valence-electron chi connectivity index (χ3n) is 2.92. The Kier molecular flexibility index (Phi) is 5.03. The first kappa shape index (κ1) is 16.2. The SMILES string of the molecule is COc1cc(NC(=O)C(=O)Nc2cccc(O)c2)cc(OC)c1. The number of carbonyl (C=O) groups is 2. The molecule has 7 nitrogen and oxygen atoms in total. The van der Waals surface area contributed by atoms with E-state index in [1.165, 1.54) is 26.4 Å². The van der Waals surface area contributed by atoms with Gasteiger partial charge in [0.15, 0.2) is 0 Å². The molecule has 120 valence electrons. The Morgan fingerprint density at radius 2 is 1.43 bits per heavy atom. The lowest BCUT2D eigenvalue weighted by molar-refractivity contribution is -0.133. The van der Waals surface area contributed by atoms with Gasteiger partial charge in [-0.15, -0.1) is 0 Å². The zero-order valence-corrected chi connectivity index (χ0v) is 12.6. The Morgan fingerprint density at radius 3 is 1.96 bits per heavy atom. The monoisotopic (exact) mass is 316 g/mol. The number of rotatable bonds is 4. The van der Waals surface area contributed by atoms with Crippen LogP contribution in [0.4, 0.5) is 11.4 Å². The highest BCUT2D eigenvalue weighted by Gasteiger charge is 2.15. The first-order valence-electron chi connectivity index (χ1n) is 6.66. The van der Waals surface area contributed by atoms with E-state index in [4.69, 9.17) is 9.47 Å². The van der Waals surface area contributed by atoms with Gasteiger partial charge in [0.25, 0.3) is 0 Å². The van der Waals surface area contributed by atoms with Gasteiger partial charge in [-0.25, -0.2) is 0 Å². The summed E-state index contributed by atoms with van der Waals surface area (Å²) in [6.45, 7) is 0. The lowest BCUT2D eigenvalue weighted by Crippen LogP contribution is -2.29. The minimum Gasteiger partial charge on any atom is -0.508 e. The second kappa shape index (κ2) is 7.17. The molecule has 2 aromatic rings. The number of amides is 2. The van der Waals surface area contributed by atoms with Gasteiger partial charge < -0.3 is 25.2 Å². The number of nitrogens with one attached hydrogen (secondary N) is 2. The van der Waals surface area contributed by atoms with Crippen LogP contribution in [0.15, 0.2) is 42.5 Å². The van der Waals surface area contributed by atoms with Gasteiger partial charge in [-0.3, -0.25) is 9.59 Å². The van der Waals surface area contributed by atoms with Gasteiger partial charge in [-0.2, -0.15) is 0 Å². The summed E-state index contributed by atoms with van der Waals surface area (Å²) >= 11 is 0. The van der Waals surface area contributed by atoms with E-state index in [1.807, 2.05) is 0 Å². The topological polar surface area (TPSA) is 96.9 Å². The minimum atomic E-state index is -0.864. The van der Waals surface area contributed by atoms with E-state index in [9.17, 15) is 14.7 Å². The smallest absolute Gasteiger partial charge is 0.314 e. The highest BCUT2D eigenvalue weighted by Crippen LogP contribution is 2.25. The molecule has 0 aliphatic carbocycles. The zero-order chi connectivity index (χ0) is 16.8. The quantitative estimate of drug-likeness (QED) is 0.750. The molecule has 23 heavy (non-hydrogen) atoms. The molecule has 0 saturated carbocycles. The van der Waals surface area contributed by atoms with Gasteiger partial charge in [-0.1, -0.05) is 6.07 Å². The molecule has 0 saturated heterocycles. The third-order valence-corrected chi connectivity index (χ3v) is 2.92. The van der Waals surface area contributed by atoms with Crippen LogP contribution in [0, 0.1) is 0 Å². The number of anilines is 2. The molecule has 0 radical (unpaired) electrons. The van der Waals surface area contributed by atoms with Crippen molar-refractivity contribution in [3.63, 3.8) is 0 Å². The highest BCUT2D eigenvalue weighted by atomic mass is 16.5. The standard InChI is InChI=1S/C16H16N2O5/c1-22-13-7-11(8-14(9-13)23-2)18-16(21)15(20)17-10-4-3-5-12(19)6-10/h3-9,19H,1-2H3,(H,17,20)(H,18,21). The molecule has 0 spiro atoms. The largest absolute Gasteiger partial charge is 0.508 e. The normalized spacial score (nSPS) is 9.83. The number of phenolic OH excluding ortho intramolecular Hbond substituents is 1. The van der Waals surface area contributed by atoms with Crippen molar-refractivity contribution in [2.45, 2.75) is 0 Å². The molecule has 2 aromatic carbocycles. The van der Waals surface area contributed by atoms with Crippen LogP contribution in [0.3, 0.4) is 0 Å². The predicted molar refractivity (Wildman–Crippen MR) is 84.9 cm³/mol. The summed E-state index contributed by atoms with van der Waals surface area (Å²) in [7, 11) is 2.96. The summed E-state index contributed by atoms with van der Waals surface area (Å²) in [5, 5.41) is 14.2. The van der Waals surface area contributed by atoms with E-state index >= 15 is 0 Å². The van der Waals surface area contributed by atoms with Crippen molar-refractivity contribution in [3.8, 4) is 17.2 Å². The van der Waals surface area contributed by atoms with Crippen LogP contribution in [0.2, 0.25) is 0 Å². The van der Waals surface area contributed by atoms with Gasteiger partial charge in [0.05, 0.1) is 14.2 Å². The van der Waals surface area contributed by atoms with Crippen molar-refractivity contribution in [2.75, 3.05) is 24.9 Å². The first-order chi connectivity index (χ1) is 11.0. The van der Waals surface area contributed by atoms with Gasteiger partial charge in [0.2, 0.25) is 0 Å². The van der Waals surface area contributed by atoms with E-state index in [1.54, 1.807) is 30.3 Å². The second-order valence-electron chi connectivity index (χ2n) is 4.56. The van der Waals surface area contributed by atoms with Crippen molar-refractivity contribution in [1.82, 2.24) is 0 Å². The number of phenols is 1. The van der Waals surface area contributed by atoms with Crippen LogP contribution in [0.25, 0.3) is 0 Å². The average molecular weight is 316 g/mol. The lowest BCUT2D eigenvalue weighted by atomic mass is 10.2. The van der Waals surface area contributed by atoms with Crippen molar-refractivity contribution in [3.05, 3.63) is 42.5 Å². The molecule has 0 unspecified atom stereocenters. The van der Waals surface area contributed by atoms with Crippen LogP contribution in [-0.4, -0.2) is 31.1 Å². The number of ether oxygens (including phenoxy) is 2. The molecule has 7 heteroatoms. The Hall–Kier alpha value is -3.22. The Labute approximate surface area is 132 Å². The van der Waals surface area contributed by atoms with Crippen molar-refractivity contribution in [1.29, 1.82) is 0 Å². The minimum absolute atomic E-state index is 0.0132. The van der Waals surface area contributed by atoms with E-state index in [0.717, 1.165) is 0 Å². The van der Waals surface area contributed by atoms with Crippen LogP contribution < -0.4 is 20.1 Å². The summed E-state index contributed by atoms with van der Waals surface area (Å²) in [5.41, 5.74) is 0.672. The van der Waals surface area contributed by atoms with Crippen LogP contribution in [-0.2, 0) is 9.59 Å². The maximum atomic E-state index is 11.9. The van der Waals surface area contributed by atoms with Crippen LogP contribution in [0.5, 0.6) is 17.2 Å². The van der Waals surface area contributed by atoms with Crippen LogP contribution in [0.1, 0.15) is 0 Å². The number of hydrogen-bond acceptors (Lipinski definition) is 5. The number of aromatic hydroxyl groups is 1. The number of methoxy groups -OCH3 is 2. The number of hydrogen-bond donors (Lipinski definition) is 3. The summed E-state index contributed by atoms with van der Waals surface area (Å²) in [6.07, 6.45) is 0. The molecule has 2 amide bonds. The Morgan fingerprint density at radius 1 is 0.870 bits per heavy atom. The average Bonchev–Trinajstić information content (AvgIpc) is 2.54. The Bertz CT molecular complexity index is 708. The van der Waals surface area contributed by atoms with Crippen molar-refractivity contribution in [2.24, 2.45) is 0 Å². The number of carbonyl (C=O) groups excluding carboxylic acids is 2. The molecule has 3 N–H and O–H groups in total. The molecule has 0 atom stereocenters. The number of benzene rings is 2. The highest BCUT2D eigenvalue weighted by molar-refractivity contribution is 6.43. The van der Waals surface area contributed by atoms with E-state index in [-0.39, 0.29) is 5.75 Å². The van der Waals surface area contributed by atoms with Crippen molar-refractivity contribution < 1.29 is 24.2 Å². The van der Waals surface area contributed by atoms with Gasteiger partial charge in [0, 0.05) is 35.6 Å². The van der Waals surface area contributed by atoms with E-state index in [2.05, 4.69) is 10.6 Å². The molecular formula is C16H16N2O5. The maximum Gasteiger partial charge on any atom is 0.314 e.